The molecule has 0 spiro atoms. The van der Waals surface area contributed by atoms with Gasteiger partial charge in [-0.1, -0.05) is 6.07 Å². The van der Waals surface area contributed by atoms with Crippen LogP contribution < -0.4 is 16.8 Å². The topological polar surface area (TPSA) is 98.2 Å². The van der Waals surface area contributed by atoms with E-state index in [1.54, 1.807) is 12.1 Å². The van der Waals surface area contributed by atoms with Crippen LogP contribution in [0.2, 0.25) is 0 Å². The van der Waals surface area contributed by atoms with Gasteiger partial charge in [0.15, 0.2) is 5.78 Å². The number of anilines is 1. The van der Waals surface area contributed by atoms with Crippen LogP contribution >= 0.6 is 0 Å². The van der Waals surface area contributed by atoms with E-state index in [0.29, 0.717) is 24.9 Å². The number of nitrogens with two attached hydrogens (primary N) is 2. The van der Waals surface area contributed by atoms with Gasteiger partial charge in [-0.05, 0) is 24.2 Å². The summed E-state index contributed by atoms with van der Waals surface area (Å²) in [6.07, 6.45) is 1.02. The second kappa shape index (κ2) is 4.55. The lowest BCUT2D eigenvalue weighted by molar-refractivity contribution is -0.119. The quantitative estimate of drug-likeness (QED) is 0.683. The van der Waals surface area contributed by atoms with Gasteiger partial charge in [-0.25, -0.2) is 0 Å². The number of nitrogens with one attached hydrogen (secondary N) is 1. The number of ketones is 1. The number of primary amides is 1. The third-order valence-electron chi connectivity index (χ3n) is 2.93. The summed E-state index contributed by atoms with van der Waals surface area (Å²) in [6, 6.07) is 4.97. The molecule has 0 aliphatic carbocycles. The fourth-order valence-corrected chi connectivity index (χ4v) is 2.01. The van der Waals surface area contributed by atoms with Gasteiger partial charge in [0, 0.05) is 24.1 Å². The monoisotopic (exact) mass is 233 g/mol. The Bertz CT molecular complexity index is 471. The van der Waals surface area contributed by atoms with Gasteiger partial charge in [0.2, 0.25) is 5.91 Å². The minimum Gasteiger partial charge on any atom is -0.375 e. The molecular weight excluding hydrogens is 218 g/mol. The molecular formula is C12H15N3O2. The Hall–Kier alpha value is -1.88. The predicted octanol–water partition coefficient (Wildman–Crippen LogP) is 0.0400. The summed E-state index contributed by atoms with van der Waals surface area (Å²) < 4.78 is 0. The Kier molecular flexibility index (Phi) is 3.10. The van der Waals surface area contributed by atoms with Crippen LogP contribution in [0.5, 0.6) is 0 Å². The van der Waals surface area contributed by atoms with Crippen LogP contribution in [0.15, 0.2) is 18.2 Å². The molecule has 1 amide bonds. The normalized spacial score (nSPS) is 17.4. The molecule has 5 nitrogen and oxygen atoms in total. The fraction of sp³-hybridized carbons (Fsp3) is 0.333. The molecule has 0 bridgehead atoms. The van der Waals surface area contributed by atoms with E-state index in [0.717, 1.165) is 11.3 Å². The molecule has 90 valence electrons. The van der Waals surface area contributed by atoms with Crippen LogP contribution in [0.25, 0.3) is 0 Å². The number of fused-ring (bicyclic) bond motifs is 1. The highest BCUT2D eigenvalue weighted by Gasteiger charge is 2.26. The summed E-state index contributed by atoms with van der Waals surface area (Å²) in [7, 11) is 0. The van der Waals surface area contributed by atoms with Crippen molar-refractivity contribution >= 4 is 17.4 Å². The van der Waals surface area contributed by atoms with Gasteiger partial charge in [0.05, 0.1) is 6.04 Å². The lowest BCUT2D eigenvalue weighted by Crippen LogP contribution is -2.28. The van der Waals surface area contributed by atoms with Gasteiger partial charge < -0.3 is 16.8 Å². The second-order valence-corrected chi connectivity index (χ2v) is 4.14. The van der Waals surface area contributed by atoms with Gasteiger partial charge in [-0.15, -0.1) is 0 Å². The van der Waals surface area contributed by atoms with Crippen molar-refractivity contribution in [1.29, 1.82) is 0 Å². The molecule has 17 heavy (non-hydrogen) atoms. The first-order chi connectivity index (χ1) is 8.11. The number of amides is 1. The van der Waals surface area contributed by atoms with E-state index in [1.807, 2.05) is 6.07 Å². The highest BCUT2D eigenvalue weighted by atomic mass is 16.1. The molecule has 1 aromatic rings. The Morgan fingerprint density at radius 1 is 1.41 bits per heavy atom. The van der Waals surface area contributed by atoms with Crippen molar-refractivity contribution in [2.45, 2.75) is 18.9 Å². The zero-order valence-corrected chi connectivity index (χ0v) is 9.40. The number of hydrogen-bond donors (Lipinski definition) is 3. The second-order valence-electron chi connectivity index (χ2n) is 4.14. The lowest BCUT2D eigenvalue weighted by Gasteiger charge is -2.08. The highest BCUT2D eigenvalue weighted by molar-refractivity contribution is 5.95. The molecule has 1 atom stereocenters. The molecule has 1 unspecified atom stereocenters. The zero-order chi connectivity index (χ0) is 12.4. The van der Waals surface area contributed by atoms with Crippen molar-refractivity contribution in [2.24, 2.45) is 11.5 Å². The maximum atomic E-state index is 11.7. The number of hydrogen-bond acceptors (Lipinski definition) is 4. The van der Waals surface area contributed by atoms with Crippen molar-refractivity contribution in [2.75, 3.05) is 11.9 Å². The maximum absolute atomic E-state index is 11.7. The average molecular weight is 233 g/mol. The van der Waals surface area contributed by atoms with E-state index in [4.69, 9.17) is 11.5 Å². The standard InChI is InChI=1S/C12H15N3O2/c13-4-3-11(16)10-5-7-1-2-8(12(14)17)6-9(7)15-10/h1-2,6,10,15H,3-5,13H2,(H2,14,17). The smallest absolute Gasteiger partial charge is 0.248 e. The summed E-state index contributed by atoms with van der Waals surface area (Å²) in [5, 5.41) is 3.10. The molecule has 0 radical (unpaired) electrons. The molecule has 5 N–H and O–H groups in total. The first-order valence-electron chi connectivity index (χ1n) is 5.54. The third-order valence-corrected chi connectivity index (χ3v) is 2.93. The van der Waals surface area contributed by atoms with Gasteiger partial charge >= 0.3 is 0 Å². The molecule has 1 aliphatic rings. The van der Waals surface area contributed by atoms with Crippen molar-refractivity contribution < 1.29 is 9.59 Å². The van der Waals surface area contributed by atoms with Gasteiger partial charge in [0.1, 0.15) is 0 Å². The molecule has 0 saturated carbocycles. The predicted molar refractivity (Wildman–Crippen MR) is 64.8 cm³/mol. The zero-order valence-electron chi connectivity index (χ0n) is 9.40. The molecule has 5 heteroatoms. The van der Waals surface area contributed by atoms with Crippen LogP contribution in [-0.2, 0) is 11.2 Å². The van der Waals surface area contributed by atoms with E-state index in [2.05, 4.69) is 5.32 Å². The Morgan fingerprint density at radius 2 is 2.18 bits per heavy atom. The average Bonchev–Trinajstić information content (AvgIpc) is 2.71. The number of carbonyl (C=O) groups is 2. The minimum atomic E-state index is -0.466. The summed E-state index contributed by atoms with van der Waals surface area (Å²) in [4.78, 5) is 22.7. The molecule has 1 aromatic carbocycles. The number of Topliss-reactive ketones (excluding diaryl/α,β-unsaturated/α-hetero) is 1. The first kappa shape index (κ1) is 11.6. The SMILES string of the molecule is NCCC(=O)C1Cc2ccc(C(N)=O)cc2N1. The fourth-order valence-electron chi connectivity index (χ4n) is 2.01. The van der Waals surface area contributed by atoms with Crippen LogP contribution in [0.4, 0.5) is 5.69 Å². The summed E-state index contributed by atoms with van der Waals surface area (Å²) in [5.74, 6) is -0.365. The molecule has 0 saturated heterocycles. The van der Waals surface area contributed by atoms with E-state index in [9.17, 15) is 9.59 Å². The Balaban J connectivity index is 2.16. The van der Waals surface area contributed by atoms with Crippen LogP contribution in [-0.4, -0.2) is 24.3 Å². The number of benzene rings is 1. The highest BCUT2D eigenvalue weighted by Crippen LogP contribution is 2.27. The Labute approximate surface area is 99.2 Å². The van der Waals surface area contributed by atoms with E-state index in [1.165, 1.54) is 0 Å². The van der Waals surface area contributed by atoms with E-state index < -0.39 is 5.91 Å². The van der Waals surface area contributed by atoms with Crippen LogP contribution in [0.1, 0.15) is 22.3 Å². The van der Waals surface area contributed by atoms with Crippen LogP contribution in [0, 0.1) is 0 Å². The summed E-state index contributed by atoms with van der Waals surface area (Å²) in [5.41, 5.74) is 12.9. The summed E-state index contributed by atoms with van der Waals surface area (Å²) >= 11 is 0. The summed E-state index contributed by atoms with van der Waals surface area (Å²) in [6.45, 7) is 0.361. The number of carbonyl (C=O) groups excluding carboxylic acids is 2. The molecule has 2 rings (SSSR count). The minimum absolute atomic E-state index is 0.101. The van der Waals surface area contributed by atoms with Gasteiger partial charge in [-0.3, -0.25) is 9.59 Å². The molecule has 1 heterocycles. The third kappa shape index (κ3) is 2.29. The Morgan fingerprint density at radius 3 is 2.82 bits per heavy atom. The van der Waals surface area contributed by atoms with E-state index in [-0.39, 0.29) is 11.8 Å². The lowest BCUT2D eigenvalue weighted by atomic mass is 10.0. The largest absolute Gasteiger partial charge is 0.375 e. The molecule has 1 aliphatic heterocycles. The molecule has 0 fully saturated rings. The van der Waals surface area contributed by atoms with Crippen LogP contribution in [0.3, 0.4) is 0 Å². The number of rotatable bonds is 4. The van der Waals surface area contributed by atoms with E-state index >= 15 is 0 Å². The first-order valence-corrected chi connectivity index (χ1v) is 5.54. The molecule has 0 aromatic heterocycles. The van der Waals surface area contributed by atoms with Crippen molar-refractivity contribution in [3.05, 3.63) is 29.3 Å². The van der Waals surface area contributed by atoms with Gasteiger partial charge in [-0.2, -0.15) is 0 Å². The van der Waals surface area contributed by atoms with Crippen molar-refractivity contribution in [3.8, 4) is 0 Å². The van der Waals surface area contributed by atoms with Crippen molar-refractivity contribution in [1.82, 2.24) is 0 Å². The van der Waals surface area contributed by atoms with Gasteiger partial charge in [0.25, 0.3) is 0 Å². The van der Waals surface area contributed by atoms with Crippen molar-refractivity contribution in [3.63, 3.8) is 0 Å². The maximum Gasteiger partial charge on any atom is 0.248 e.